The van der Waals surface area contributed by atoms with Crippen molar-refractivity contribution in [2.24, 2.45) is 23.5 Å². The molecule has 184 valence electrons. The lowest BCUT2D eigenvalue weighted by Gasteiger charge is -2.29. The maximum atomic E-state index is 12.9. The van der Waals surface area contributed by atoms with Crippen LogP contribution in [0.1, 0.15) is 60.8 Å². The highest BCUT2D eigenvalue weighted by atomic mass is 16.4. The fourth-order valence-corrected chi connectivity index (χ4v) is 2.82. The Balaban J connectivity index is 5.62. The first-order chi connectivity index (χ1) is 14.7. The Hall–Kier alpha value is -2.69. The van der Waals surface area contributed by atoms with Crippen molar-refractivity contribution in [3.63, 3.8) is 0 Å². The Morgan fingerprint density at radius 1 is 0.781 bits per heavy atom. The zero-order valence-corrected chi connectivity index (χ0v) is 19.7. The van der Waals surface area contributed by atoms with E-state index in [-0.39, 0.29) is 30.6 Å². The van der Waals surface area contributed by atoms with Gasteiger partial charge in [0.05, 0.1) is 6.04 Å². The molecule has 0 heterocycles. The van der Waals surface area contributed by atoms with Crippen molar-refractivity contribution in [2.45, 2.75) is 85.0 Å². The zero-order chi connectivity index (χ0) is 25.2. The Morgan fingerprint density at radius 3 is 1.72 bits per heavy atom. The second-order valence-electron chi connectivity index (χ2n) is 8.70. The third kappa shape index (κ3) is 9.63. The number of carbonyl (C=O) groups excluding carboxylic acids is 3. The highest BCUT2D eigenvalue weighted by Gasteiger charge is 2.33. The third-order valence-corrected chi connectivity index (χ3v) is 5.32. The number of carboxylic acid groups (broad SMARTS) is 2. The van der Waals surface area contributed by atoms with Gasteiger partial charge in [-0.25, -0.2) is 4.79 Å². The molecular formula is C21H38N4O7. The van der Waals surface area contributed by atoms with Gasteiger partial charge < -0.3 is 31.9 Å². The van der Waals surface area contributed by atoms with Crippen LogP contribution < -0.4 is 21.7 Å². The van der Waals surface area contributed by atoms with E-state index in [1.165, 1.54) is 0 Å². The van der Waals surface area contributed by atoms with Gasteiger partial charge in [0.25, 0.3) is 0 Å². The summed E-state index contributed by atoms with van der Waals surface area (Å²) in [5, 5.41) is 25.8. The summed E-state index contributed by atoms with van der Waals surface area (Å²) in [6, 6.07) is -4.33. The SMILES string of the molecule is CCC(C)C(NC(=O)C(CCC(=O)O)NC(=O)C(N)C(C)C)C(=O)NC(C(=O)O)C(C)C. The molecule has 0 aliphatic rings. The van der Waals surface area contributed by atoms with Crippen LogP contribution in [0.15, 0.2) is 0 Å². The molecule has 5 unspecified atom stereocenters. The van der Waals surface area contributed by atoms with Crippen LogP contribution >= 0.6 is 0 Å². The summed E-state index contributed by atoms with van der Waals surface area (Å²) >= 11 is 0. The van der Waals surface area contributed by atoms with E-state index in [9.17, 15) is 29.1 Å². The van der Waals surface area contributed by atoms with Crippen molar-refractivity contribution >= 4 is 29.7 Å². The molecule has 0 saturated carbocycles. The van der Waals surface area contributed by atoms with Gasteiger partial charge in [0.15, 0.2) is 0 Å². The molecule has 0 fully saturated rings. The molecule has 0 bridgehead atoms. The number of amides is 3. The van der Waals surface area contributed by atoms with Crippen LogP contribution in [-0.4, -0.2) is 64.0 Å². The monoisotopic (exact) mass is 458 g/mol. The van der Waals surface area contributed by atoms with Crippen LogP contribution in [0.3, 0.4) is 0 Å². The molecule has 32 heavy (non-hydrogen) atoms. The van der Waals surface area contributed by atoms with Crippen molar-refractivity contribution in [3.8, 4) is 0 Å². The van der Waals surface area contributed by atoms with Gasteiger partial charge in [-0.2, -0.15) is 0 Å². The van der Waals surface area contributed by atoms with E-state index in [1.54, 1.807) is 41.5 Å². The van der Waals surface area contributed by atoms with Crippen molar-refractivity contribution < 1.29 is 34.2 Å². The molecule has 0 aromatic heterocycles. The van der Waals surface area contributed by atoms with Crippen LogP contribution in [0.2, 0.25) is 0 Å². The fraction of sp³-hybridized carbons (Fsp3) is 0.762. The van der Waals surface area contributed by atoms with Crippen LogP contribution in [0.4, 0.5) is 0 Å². The summed E-state index contributed by atoms with van der Waals surface area (Å²) in [6.45, 7) is 10.3. The molecule has 7 N–H and O–H groups in total. The lowest BCUT2D eigenvalue weighted by molar-refractivity contribution is -0.144. The molecule has 0 spiro atoms. The minimum Gasteiger partial charge on any atom is -0.481 e. The molecule has 0 rings (SSSR count). The average molecular weight is 459 g/mol. The number of nitrogens with one attached hydrogen (secondary N) is 3. The molecule has 11 nitrogen and oxygen atoms in total. The lowest BCUT2D eigenvalue weighted by Crippen LogP contribution is -2.59. The van der Waals surface area contributed by atoms with Crippen molar-refractivity contribution in [1.82, 2.24) is 16.0 Å². The third-order valence-electron chi connectivity index (χ3n) is 5.32. The van der Waals surface area contributed by atoms with Gasteiger partial charge in [0, 0.05) is 6.42 Å². The molecule has 3 amide bonds. The predicted octanol–water partition coefficient (Wildman–Crippen LogP) is 0.0756. The molecule has 0 saturated heterocycles. The summed E-state index contributed by atoms with van der Waals surface area (Å²) in [7, 11) is 0. The van der Waals surface area contributed by atoms with Crippen molar-refractivity contribution in [2.75, 3.05) is 0 Å². The van der Waals surface area contributed by atoms with E-state index in [0.717, 1.165) is 0 Å². The number of hydrogen-bond acceptors (Lipinski definition) is 6. The number of hydrogen-bond donors (Lipinski definition) is 6. The maximum absolute atomic E-state index is 12.9. The fourth-order valence-electron chi connectivity index (χ4n) is 2.82. The van der Waals surface area contributed by atoms with Crippen LogP contribution in [0.5, 0.6) is 0 Å². The summed E-state index contributed by atoms with van der Waals surface area (Å²) in [5.41, 5.74) is 5.82. The van der Waals surface area contributed by atoms with E-state index in [0.29, 0.717) is 6.42 Å². The van der Waals surface area contributed by atoms with Crippen molar-refractivity contribution in [3.05, 3.63) is 0 Å². The first-order valence-corrected chi connectivity index (χ1v) is 10.8. The Labute approximate surface area is 188 Å². The second kappa shape index (κ2) is 13.7. The minimum absolute atomic E-state index is 0.198. The summed E-state index contributed by atoms with van der Waals surface area (Å²) in [4.78, 5) is 60.5. The molecule has 0 aliphatic heterocycles. The number of carbonyl (C=O) groups is 5. The predicted molar refractivity (Wildman–Crippen MR) is 117 cm³/mol. The zero-order valence-electron chi connectivity index (χ0n) is 19.7. The van der Waals surface area contributed by atoms with E-state index >= 15 is 0 Å². The van der Waals surface area contributed by atoms with Gasteiger partial charge in [-0.05, 0) is 24.2 Å². The van der Waals surface area contributed by atoms with E-state index in [2.05, 4.69) is 16.0 Å². The van der Waals surface area contributed by atoms with E-state index < -0.39 is 53.8 Å². The van der Waals surface area contributed by atoms with E-state index in [1.807, 2.05) is 0 Å². The highest BCUT2D eigenvalue weighted by molar-refractivity contribution is 5.94. The average Bonchev–Trinajstić information content (AvgIpc) is 2.70. The molecule has 0 aliphatic carbocycles. The van der Waals surface area contributed by atoms with Gasteiger partial charge >= 0.3 is 11.9 Å². The quantitative estimate of drug-likeness (QED) is 0.211. The second-order valence-corrected chi connectivity index (χ2v) is 8.70. The van der Waals surface area contributed by atoms with Crippen LogP contribution in [0, 0.1) is 17.8 Å². The van der Waals surface area contributed by atoms with Crippen LogP contribution in [0.25, 0.3) is 0 Å². The lowest BCUT2D eigenvalue weighted by atomic mass is 9.96. The summed E-state index contributed by atoms with van der Waals surface area (Å²) in [6.07, 6.45) is -0.0810. The normalized spacial score (nSPS) is 15.9. The number of aliphatic carboxylic acids is 2. The molecule has 11 heteroatoms. The van der Waals surface area contributed by atoms with Gasteiger partial charge in [-0.15, -0.1) is 0 Å². The Kier molecular flexibility index (Phi) is 12.5. The first kappa shape index (κ1) is 29.3. The molecule has 5 atom stereocenters. The Bertz CT molecular complexity index is 681. The highest BCUT2D eigenvalue weighted by Crippen LogP contribution is 2.12. The minimum atomic E-state index is -1.22. The van der Waals surface area contributed by atoms with E-state index in [4.69, 9.17) is 10.8 Å². The van der Waals surface area contributed by atoms with Crippen LogP contribution in [-0.2, 0) is 24.0 Å². The standard InChI is InChI=1S/C21H38N4O7/c1-7-12(6)17(20(30)24-16(11(4)5)21(31)32)25-18(28)13(8-9-14(26)27)23-19(29)15(22)10(2)3/h10-13,15-17H,7-9,22H2,1-6H3,(H,23,29)(H,24,30)(H,25,28)(H,26,27)(H,31,32). The van der Waals surface area contributed by atoms with Gasteiger partial charge in [-0.3, -0.25) is 19.2 Å². The number of nitrogens with two attached hydrogens (primary N) is 1. The maximum Gasteiger partial charge on any atom is 0.326 e. The van der Waals surface area contributed by atoms with Gasteiger partial charge in [0.2, 0.25) is 17.7 Å². The Morgan fingerprint density at radius 2 is 1.31 bits per heavy atom. The van der Waals surface area contributed by atoms with Crippen molar-refractivity contribution in [1.29, 1.82) is 0 Å². The first-order valence-electron chi connectivity index (χ1n) is 10.8. The topological polar surface area (TPSA) is 188 Å². The molecule has 0 radical (unpaired) electrons. The van der Waals surface area contributed by atoms with Gasteiger partial charge in [0.1, 0.15) is 18.1 Å². The number of rotatable bonds is 14. The molecule has 0 aromatic carbocycles. The number of carboxylic acids is 2. The summed E-state index contributed by atoms with van der Waals surface area (Å²) in [5.74, 6) is -5.32. The molecular weight excluding hydrogens is 420 g/mol. The molecule has 0 aromatic rings. The largest absolute Gasteiger partial charge is 0.481 e. The smallest absolute Gasteiger partial charge is 0.326 e. The van der Waals surface area contributed by atoms with Gasteiger partial charge in [-0.1, -0.05) is 48.0 Å². The summed E-state index contributed by atoms with van der Waals surface area (Å²) < 4.78 is 0.